The van der Waals surface area contributed by atoms with Crippen LogP contribution in [-0.4, -0.2) is 50.2 Å². The number of fused-ring (bicyclic) bond motifs is 1. The SMILES string of the molecule is COc1cc(C(=O)O[C@H](C(=O)N2CCCC2)c2ccccc2)cc2c1OCCO2. The zero-order valence-corrected chi connectivity index (χ0v) is 16.3. The Morgan fingerprint density at radius 2 is 1.76 bits per heavy atom. The van der Waals surface area contributed by atoms with Crippen LogP contribution in [0.4, 0.5) is 0 Å². The lowest BCUT2D eigenvalue weighted by Gasteiger charge is -2.24. The first-order valence-electron chi connectivity index (χ1n) is 9.69. The van der Waals surface area contributed by atoms with Crippen molar-refractivity contribution < 1.29 is 28.5 Å². The summed E-state index contributed by atoms with van der Waals surface area (Å²) in [5.74, 6) is 0.442. The van der Waals surface area contributed by atoms with Crippen molar-refractivity contribution >= 4 is 11.9 Å². The van der Waals surface area contributed by atoms with Gasteiger partial charge in [-0.2, -0.15) is 0 Å². The molecule has 152 valence electrons. The molecule has 0 aromatic heterocycles. The van der Waals surface area contributed by atoms with Crippen LogP contribution < -0.4 is 14.2 Å². The number of likely N-dealkylation sites (tertiary alicyclic amines) is 1. The zero-order valence-electron chi connectivity index (χ0n) is 16.3. The summed E-state index contributed by atoms with van der Waals surface area (Å²) in [6.07, 6.45) is 0.919. The summed E-state index contributed by atoms with van der Waals surface area (Å²) in [7, 11) is 1.49. The molecular weight excluding hydrogens is 374 g/mol. The number of benzene rings is 2. The normalized spacial score (nSPS) is 16.2. The van der Waals surface area contributed by atoms with E-state index in [9.17, 15) is 9.59 Å². The number of amides is 1. The lowest BCUT2D eigenvalue weighted by atomic mass is 10.1. The van der Waals surface area contributed by atoms with Crippen molar-refractivity contribution in [2.45, 2.75) is 18.9 Å². The van der Waals surface area contributed by atoms with Crippen LogP contribution in [0.15, 0.2) is 42.5 Å². The van der Waals surface area contributed by atoms with Gasteiger partial charge in [-0.25, -0.2) is 4.79 Å². The van der Waals surface area contributed by atoms with Crippen LogP contribution >= 0.6 is 0 Å². The van der Waals surface area contributed by atoms with Gasteiger partial charge < -0.3 is 23.8 Å². The van der Waals surface area contributed by atoms with Crippen LogP contribution in [0.3, 0.4) is 0 Å². The molecule has 2 aliphatic rings. The Labute approximate surface area is 169 Å². The van der Waals surface area contributed by atoms with E-state index in [0.717, 1.165) is 12.8 Å². The molecule has 0 radical (unpaired) electrons. The van der Waals surface area contributed by atoms with E-state index in [2.05, 4.69) is 0 Å². The topological polar surface area (TPSA) is 74.3 Å². The van der Waals surface area contributed by atoms with Crippen molar-refractivity contribution in [3.8, 4) is 17.2 Å². The molecule has 1 saturated heterocycles. The predicted molar refractivity (Wildman–Crippen MR) is 104 cm³/mol. The highest BCUT2D eigenvalue weighted by Crippen LogP contribution is 2.40. The van der Waals surface area contributed by atoms with E-state index in [0.29, 0.717) is 49.1 Å². The van der Waals surface area contributed by atoms with Gasteiger partial charge in [0.25, 0.3) is 5.91 Å². The first-order chi connectivity index (χ1) is 14.2. The van der Waals surface area contributed by atoms with Gasteiger partial charge in [0.2, 0.25) is 11.9 Å². The van der Waals surface area contributed by atoms with E-state index in [-0.39, 0.29) is 11.5 Å². The molecule has 0 N–H and O–H groups in total. The second-order valence-electron chi connectivity index (χ2n) is 6.93. The number of hydrogen-bond donors (Lipinski definition) is 0. The molecular formula is C22H23NO6. The Balaban J connectivity index is 1.62. The molecule has 2 aromatic rings. The number of carbonyl (C=O) groups is 2. The van der Waals surface area contributed by atoms with Gasteiger partial charge in [-0.3, -0.25) is 4.79 Å². The van der Waals surface area contributed by atoms with Gasteiger partial charge in [0.15, 0.2) is 11.5 Å². The Morgan fingerprint density at radius 1 is 1.03 bits per heavy atom. The molecule has 7 nitrogen and oxygen atoms in total. The molecule has 0 spiro atoms. The summed E-state index contributed by atoms with van der Waals surface area (Å²) < 4.78 is 22.2. The van der Waals surface area contributed by atoms with Gasteiger partial charge in [0.05, 0.1) is 12.7 Å². The first-order valence-corrected chi connectivity index (χ1v) is 9.69. The monoisotopic (exact) mass is 397 g/mol. The van der Waals surface area contributed by atoms with Gasteiger partial charge in [0, 0.05) is 18.7 Å². The largest absolute Gasteiger partial charge is 0.493 e. The summed E-state index contributed by atoms with van der Waals surface area (Å²) in [5.41, 5.74) is 0.878. The number of hydrogen-bond acceptors (Lipinski definition) is 6. The van der Waals surface area contributed by atoms with Crippen LogP contribution in [0, 0.1) is 0 Å². The third-order valence-corrected chi connectivity index (χ3v) is 5.03. The molecule has 2 aliphatic heterocycles. The molecule has 0 bridgehead atoms. The van der Waals surface area contributed by atoms with Crippen LogP contribution in [0.5, 0.6) is 17.2 Å². The molecule has 2 aromatic carbocycles. The van der Waals surface area contributed by atoms with Crippen LogP contribution in [0.2, 0.25) is 0 Å². The number of carbonyl (C=O) groups excluding carboxylic acids is 2. The smallest absolute Gasteiger partial charge is 0.339 e. The van der Waals surface area contributed by atoms with Crippen LogP contribution in [0.1, 0.15) is 34.9 Å². The Kier molecular flexibility index (Phi) is 5.55. The number of nitrogens with zero attached hydrogens (tertiary/aromatic N) is 1. The summed E-state index contributed by atoms with van der Waals surface area (Å²) >= 11 is 0. The fraction of sp³-hybridized carbons (Fsp3) is 0.364. The molecule has 0 saturated carbocycles. The summed E-state index contributed by atoms with van der Waals surface area (Å²) in [6, 6.07) is 12.2. The van der Waals surface area contributed by atoms with E-state index in [1.165, 1.54) is 13.2 Å². The number of esters is 1. The van der Waals surface area contributed by atoms with Crippen molar-refractivity contribution in [1.29, 1.82) is 0 Å². The van der Waals surface area contributed by atoms with Gasteiger partial charge >= 0.3 is 5.97 Å². The number of methoxy groups -OCH3 is 1. The third kappa shape index (κ3) is 3.99. The van der Waals surface area contributed by atoms with E-state index in [4.69, 9.17) is 18.9 Å². The van der Waals surface area contributed by atoms with Crippen molar-refractivity contribution in [2.24, 2.45) is 0 Å². The maximum absolute atomic E-state index is 13.0. The first kappa shape index (κ1) is 19.1. The van der Waals surface area contributed by atoms with E-state index >= 15 is 0 Å². The minimum Gasteiger partial charge on any atom is -0.493 e. The lowest BCUT2D eigenvalue weighted by molar-refractivity contribution is -0.140. The highest BCUT2D eigenvalue weighted by Gasteiger charge is 2.32. The summed E-state index contributed by atoms with van der Waals surface area (Å²) in [5, 5.41) is 0. The van der Waals surface area contributed by atoms with Gasteiger partial charge in [-0.1, -0.05) is 30.3 Å². The zero-order chi connectivity index (χ0) is 20.2. The molecule has 4 rings (SSSR count). The molecule has 1 fully saturated rings. The third-order valence-electron chi connectivity index (χ3n) is 5.03. The highest BCUT2D eigenvalue weighted by molar-refractivity contribution is 5.94. The molecule has 7 heteroatoms. The Bertz CT molecular complexity index is 874. The van der Waals surface area contributed by atoms with E-state index in [1.807, 2.05) is 18.2 Å². The molecule has 1 amide bonds. The van der Waals surface area contributed by atoms with Crippen LogP contribution in [-0.2, 0) is 9.53 Å². The minimum atomic E-state index is -0.999. The highest BCUT2D eigenvalue weighted by atomic mass is 16.6. The molecule has 2 heterocycles. The second-order valence-corrected chi connectivity index (χ2v) is 6.93. The molecule has 29 heavy (non-hydrogen) atoms. The Morgan fingerprint density at radius 3 is 2.48 bits per heavy atom. The predicted octanol–water partition coefficient (Wildman–Crippen LogP) is 2.99. The van der Waals surface area contributed by atoms with Gasteiger partial charge in [-0.15, -0.1) is 0 Å². The standard InChI is InChI=1S/C22H23NO6/c1-26-17-13-16(14-18-20(17)28-12-11-27-18)22(25)29-19(15-7-3-2-4-8-15)21(24)23-9-5-6-10-23/h2-4,7-8,13-14,19H,5-6,9-12H2,1H3/t19-/m0/s1. The molecule has 1 atom stereocenters. The fourth-order valence-corrected chi connectivity index (χ4v) is 3.56. The average molecular weight is 397 g/mol. The van der Waals surface area contributed by atoms with Crippen molar-refractivity contribution in [2.75, 3.05) is 33.4 Å². The maximum Gasteiger partial charge on any atom is 0.339 e. The van der Waals surface area contributed by atoms with Gasteiger partial charge in [-0.05, 0) is 25.0 Å². The molecule has 0 aliphatic carbocycles. The fourth-order valence-electron chi connectivity index (χ4n) is 3.56. The van der Waals surface area contributed by atoms with Crippen LogP contribution in [0.25, 0.3) is 0 Å². The quantitative estimate of drug-likeness (QED) is 0.722. The summed E-state index contributed by atoms with van der Waals surface area (Å²) in [4.78, 5) is 27.8. The lowest BCUT2D eigenvalue weighted by Crippen LogP contribution is -2.34. The number of ether oxygens (including phenoxy) is 4. The van der Waals surface area contributed by atoms with E-state index in [1.54, 1.807) is 23.1 Å². The Hall–Kier alpha value is -3.22. The second kappa shape index (κ2) is 8.43. The maximum atomic E-state index is 13.0. The van der Waals surface area contributed by atoms with Crippen molar-refractivity contribution in [3.05, 3.63) is 53.6 Å². The van der Waals surface area contributed by atoms with Crippen molar-refractivity contribution in [1.82, 2.24) is 4.90 Å². The van der Waals surface area contributed by atoms with E-state index < -0.39 is 12.1 Å². The molecule has 0 unspecified atom stereocenters. The average Bonchev–Trinajstić information content (AvgIpc) is 3.31. The van der Waals surface area contributed by atoms with Crippen molar-refractivity contribution in [3.63, 3.8) is 0 Å². The minimum absolute atomic E-state index is 0.202. The van der Waals surface area contributed by atoms with Gasteiger partial charge in [0.1, 0.15) is 13.2 Å². The summed E-state index contributed by atoms with van der Waals surface area (Å²) in [6.45, 7) is 2.15. The number of rotatable bonds is 5.